The molecule has 3 atom stereocenters. The van der Waals surface area contributed by atoms with E-state index in [0.29, 0.717) is 0 Å². The molecular formula is C8H12. The van der Waals surface area contributed by atoms with Crippen LogP contribution in [-0.4, -0.2) is 0 Å². The summed E-state index contributed by atoms with van der Waals surface area (Å²) in [7, 11) is 0. The van der Waals surface area contributed by atoms with Crippen LogP contribution in [0.3, 0.4) is 0 Å². The van der Waals surface area contributed by atoms with Gasteiger partial charge >= 0.3 is 0 Å². The highest BCUT2D eigenvalue weighted by Gasteiger charge is 2.62. The molecule has 2 bridgehead atoms. The second kappa shape index (κ2) is 0.872. The summed E-state index contributed by atoms with van der Waals surface area (Å²) in [6.45, 7) is 0. The predicted molar refractivity (Wildman–Crippen MR) is 32.5 cm³/mol. The zero-order valence-electron chi connectivity index (χ0n) is 5.19. The standard InChI is InChI=1S/C8H12/c1-2-8-4-6(1)3-7(8)5-8/h6-7H,1-5H2. The van der Waals surface area contributed by atoms with E-state index in [1.807, 2.05) is 0 Å². The molecule has 0 nitrogen and oxygen atoms in total. The zero-order chi connectivity index (χ0) is 5.19. The first-order valence-electron chi connectivity index (χ1n) is 3.89. The smallest absolute Gasteiger partial charge is 0.0263 e. The van der Waals surface area contributed by atoms with Gasteiger partial charge in [0.05, 0.1) is 0 Å². The summed E-state index contributed by atoms with van der Waals surface area (Å²) in [5, 5.41) is 0. The quantitative estimate of drug-likeness (QED) is 0.446. The molecule has 0 aromatic heterocycles. The average molecular weight is 108 g/mol. The second-order valence-corrected chi connectivity index (χ2v) is 4.11. The van der Waals surface area contributed by atoms with Crippen LogP contribution in [0.25, 0.3) is 0 Å². The molecule has 3 aliphatic carbocycles. The Morgan fingerprint density at radius 2 is 2.25 bits per heavy atom. The number of hydrogen-bond acceptors (Lipinski definition) is 0. The molecule has 3 fully saturated rings. The fraction of sp³-hybridized carbons (Fsp3) is 1.00. The van der Waals surface area contributed by atoms with Crippen LogP contribution in [0.15, 0.2) is 0 Å². The minimum absolute atomic E-state index is 0.977. The van der Waals surface area contributed by atoms with E-state index in [4.69, 9.17) is 0 Å². The van der Waals surface area contributed by atoms with Crippen molar-refractivity contribution in [1.29, 1.82) is 0 Å². The highest BCUT2D eigenvalue weighted by atomic mass is 14.7. The topological polar surface area (TPSA) is 0 Å². The van der Waals surface area contributed by atoms with E-state index in [-0.39, 0.29) is 0 Å². The van der Waals surface area contributed by atoms with Crippen LogP contribution in [0.1, 0.15) is 32.1 Å². The van der Waals surface area contributed by atoms with Gasteiger partial charge in [-0.05, 0) is 49.4 Å². The van der Waals surface area contributed by atoms with Gasteiger partial charge in [0.25, 0.3) is 0 Å². The molecule has 3 rings (SSSR count). The maximum absolute atomic E-state index is 1.62. The SMILES string of the molecule is C1CC23CC1CC2C3. The number of fused-ring (bicyclic) bond motifs is 1. The molecule has 3 unspecified atom stereocenters. The van der Waals surface area contributed by atoms with Gasteiger partial charge < -0.3 is 0 Å². The molecule has 0 amide bonds. The minimum Gasteiger partial charge on any atom is -0.0499 e. The van der Waals surface area contributed by atoms with Crippen molar-refractivity contribution in [2.24, 2.45) is 17.3 Å². The first kappa shape index (κ1) is 3.92. The maximum Gasteiger partial charge on any atom is -0.0263 e. The molecular weight excluding hydrogens is 96.1 g/mol. The van der Waals surface area contributed by atoms with Gasteiger partial charge in [-0.25, -0.2) is 0 Å². The third-order valence-electron chi connectivity index (χ3n) is 3.72. The Labute approximate surface area is 50.3 Å². The van der Waals surface area contributed by atoms with Crippen LogP contribution in [-0.2, 0) is 0 Å². The van der Waals surface area contributed by atoms with Crippen LogP contribution < -0.4 is 0 Å². The van der Waals surface area contributed by atoms with Gasteiger partial charge in [-0.2, -0.15) is 0 Å². The van der Waals surface area contributed by atoms with Crippen LogP contribution in [0.2, 0.25) is 0 Å². The first-order chi connectivity index (χ1) is 3.89. The summed E-state index contributed by atoms with van der Waals surface area (Å²) >= 11 is 0. The molecule has 3 saturated carbocycles. The predicted octanol–water partition coefficient (Wildman–Crippen LogP) is 2.20. The molecule has 0 heterocycles. The van der Waals surface area contributed by atoms with E-state index >= 15 is 0 Å². The van der Waals surface area contributed by atoms with Crippen LogP contribution in [0.5, 0.6) is 0 Å². The molecule has 3 aliphatic rings. The third-order valence-corrected chi connectivity index (χ3v) is 3.72. The van der Waals surface area contributed by atoms with E-state index in [9.17, 15) is 0 Å². The molecule has 0 aromatic rings. The largest absolute Gasteiger partial charge is 0.0499 e. The molecule has 0 aromatic carbocycles. The maximum atomic E-state index is 1.62. The van der Waals surface area contributed by atoms with E-state index in [1.165, 1.54) is 11.8 Å². The van der Waals surface area contributed by atoms with Gasteiger partial charge in [-0.3, -0.25) is 0 Å². The van der Waals surface area contributed by atoms with Gasteiger partial charge in [0.2, 0.25) is 0 Å². The molecule has 0 N–H and O–H groups in total. The van der Waals surface area contributed by atoms with E-state index < -0.39 is 0 Å². The van der Waals surface area contributed by atoms with Crippen LogP contribution in [0.4, 0.5) is 0 Å². The summed E-state index contributed by atoms with van der Waals surface area (Å²) in [6, 6.07) is 0. The summed E-state index contributed by atoms with van der Waals surface area (Å²) in [5.41, 5.74) is 0.977. The first-order valence-corrected chi connectivity index (χ1v) is 3.89. The van der Waals surface area contributed by atoms with Gasteiger partial charge in [0.15, 0.2) is 0 Å². The molecule has 8 heavy (non-hydrogen) atoms. The van der Waals surface area contributed by atoms with Crippen molar-refractivity contribution in [1.82, 2.24) is 0 Å². The molecule has 0 heteroatoms. The van der Waals surface area contributed by atoms with Gasteiger partial charge in [-0.1, -0.05) is 0 Å². The van der Waals surface area contributed by atoms with Crippen molar-refractivity contribution >= 4 is 0 Å². The Balaban J connectivity index is 2.07. The summed E-state index contributed by atoms with van der Waals surface area (Å²) < 4.78 is 0. The van der Waals surface area contributed by atoms with Crippen molar-refractivity contribution in [3.05, 3.63) is 0 Å². The Morgan fingerprint density at radius 1 is 1.25 bits per heavy atom. The van der Waals surface area contributed by atoms with Crippen LogP contribution >= 0.6 is 0 Å². The molecule has 0 aliphatic heterocycles. The van der Waals surface area contributed by atoms with Crippen LogP contribution in [0, 0.1) is 17.3 Å². The van der Waals surface area contributed by atoms with E-state index in [1.54, 1.807) is 32.1 Å². The average Bonchev–Trinajstić information content (AvgIpc) is 2.13. The Kier molecular flexibility index (Phi) is 0.427. The molecule has 44 valence electrons. The van der Waals surface area contributed by atoms with E-state index in [0.717, 1.165) is 5.41 Å². The lowest BCUT2D eigenvalue weighted by molar-refractivity contribution is 0.468. The van der Waals surface area contributed by atoms with Crippen molar-refractivity contribution in [3.8, 4) is 0 Å². The fourth-order valence-electron chi connectivity index (χ4n) is 3.20. The molecule has 0 radical (unpaired) electrons. The number of hydrogen-bond donors (Lipinski definition) is 0. The fourth-order valence-corrected chi connectivity index (χ4v) is 3.20. The summed E-state index contributed by atoms with van der Waals surface area (Å²) in [4.78, 5) is 0. The lowest BCUT2D eigenvalue weighted by atomic mass is 10.0. The number of rotatable bonds is 0. The highest BCUT2D eigenvalue weighted by Crippen LogP contribution is 2.73. The van der Waals surface area contributed by atoms with E-state index in [2.05, 4.69) is 0 Å². The Morgan fingerprint density at radius 3 is 2.62 bits per heavy atom. The van der Waals surface area contributed by atoms with Crippen molar-refractivity contribution in [3.63, 3.8) is 0 Å². The van der Waals surface area contributed by atoms with Crippen molar-refractivity contribution < 1.29 is 0 Å². The van der Waals surface area contributed by atoms with Crippen molar-refractivity contribution in [2.75, 3.05) is 0 Å². The second-order valence-electron chi connectivity index (χ2n) is 4.11. The van der Waals surface area contributed by atoms with Gasteiger partial charge in [-0.15, -0.1) is 0 Å². The van der Waals surface area contributed by atoms with Crippen molar-refractivity contribution in [2.45, 2.75) is 32.1 Å². The summed E-state index contributed by atoms with van der Waals surface area (Å²) in [5.74, 6) is 2.41. The highest BCUT2D eigenvalue weighted by molar-refractivity contribution is 5.13. The third kappa shape index (κ3) is 0.260. The van der Waals surface area contributed by atoms with Gasteiger partial charge in [0.1, 0.15) is 0 Å². The normalized spacial score (nSPS) is 66.0. The van der Waals surface area contributed by atoms with Gasteiger partial charge in [0, 0.05) is 0 Å². The summed E-state index contributed by atoms with van der Waals surface area (Å²) in [6.07, 6.45) is 8.03. The lowest BCUT2D eigenvalue weighted by Crippen LogP contribution is -1.93. The molecule has 0 saturated heterocycles. The monoisotopic (exact) mass is 108 g/mol. The zero-order valence-corrected chi connectivity index (χ0v) is 5.19. The minimum atomic E-state index is 0.977. The molecule has 1 spiro atoms. The lowest BCUT2D eigenvalue weighted by Gasteiger charge is -2.04. The Bertz CT molecular complexity index is 137. The Hall–Kier alpha value is 0.